The number of hydrogen-bond donors (Lipinski definition) is 1. The Morgan fingerprint density at radius 1 is 0.923 bits per heavy atom. The highest BCUT2D eigenvalue weighted by atomic mass is 16.5. The molecule has 0 saturated carbocycles. The summed E-state index contributed by atoms with van der Waals surface area (Å²) in [6.45, 7) is 4.21. The number of carbonyl (C=O) groups excluding carboxylic acids is 2. The van der Waals surface area contributed by atoms with Gasteiger partial charge in [-0.15, -0.1) is 0 Å². The topological polar surface area (TPSA) is 92.3 Å². The van der Waals surface area contributed by atoms with Crippen molar-refractivity contribution < 1.29 is 33.3 Å². The van der Waals surface area contributed by atoms with Crippen LogP contribution in [0.25, 0.3) is 0 Å². The molecule has 0 saturated heterocycles. The lowest BCUT2D eigenvalue weighted by Crippen LogP contribution is -2.36. The van der Waals surface area contributed by atoms with Crippen molar-refractivity contribution in [3.8, 4) is 23.0 Å². The predicted octanol–water partition coefficient (Wildman–Crippen LogP) is 5.43. The number of ketones is 1. The predicted molar refractivity (Wildman–Crippen MR) is 148 cm³/mol. The van der Waals surface area contributed by atoms with E-state index in [1.165, 1.54) is 0 Å². The van der Waals surface area contributed by atoms with E-state index in [1.807, 2.05) is 38.1 Å². The van der Waals surface area contributed by atoms with Crippen LogP contribution in [0.4, 0.5) is 0 Å². The molecule has 4 rings (SSSR count). The second-order valence-corrected chi connectivity index (χ2v) is 9.73. The van der Waals surface area contributed by atoms with Crippen LogP contribution < -0.4 is 24.3 Å². The van der Waals surface area contributed by atoms with Crippen molar-refractivity contribution in [2.75, 3.05) is 35.0 Å². The van der Waals surface area contributed by atoms with E-state index in [0.29, 0.717) is 58.4 Å². The van der Waals surface area contributed by atoms with E-state index in [4.69, 9.17) is 23.7 Å². The SMILES string of the molecule is CCCCOC(=O)C1=C(C)NC2=C(C(=O)CC(c3ccc(OC)c(OC)c3)C2)C1c1cc(OC)ccc1OC. The Hall–Kier alpha value is -3.94. The molecular weight excluding hydrogens is 498 g/mol. The molecule has 2 aromatic rings. The number of ether oxygens (including phenoxy) is 5. The van der Waals surface area contributed by atoms with Crippen LogP contribution in [0.5, 0.6) is 23.0 Å². The molecule has 2 aromatic carbocycles. The van der Waals surface area contributed by atoms with Crippen molar-refractivity contribution in [3.63, 3.8) is 0 Å². The van der Waals surface area contributed by atoms with Gasteiger partial charge < -0.3 is 29.0 Å². The van der Waals surface area contributed by atoms with Gasteiger partial charge in [0.15, 0.2) is 17.3 Å². The maximum absolute atomic E-state index is 14.0. The Labute approximate surface area is 229 Å². The van der Waals surface area contributed by atoms with Crippen LogP contribution in [0.3, 0.4) is 0 Å². The molecule has 1 heterocycles. The zero-order chi connectivity index (χ0) is 28.1. The molecule has 39 heavy (non-hydrogen) atoms. The standard InChI is InChI=1S/C31H37NO7/c1-7-8-13-39-31(34)28-18(2)32-23-14-20(19-9-11-26(37-5)27(16-19)38-6)15-24(33)30(23)29(28)22-17-21(35-3)10-12-25(22)36-4/h9-12,16-17,20,29,32H,7-8,13-15H2,1-6H3. The highest BCUT2D eigenvalue weighted by Crippen LogP contribution is 2.49. The minimum atomic E-state index is -0.653. The average molecular weight is 536 g/mol. The van der Waals surface area contributed by atoms with Crippen LogP contribution in [-0.2, 0) is 14.3 Å². The number of esters is 1. The Morgan fingerprint density at radius 3 is 2.31 bits per heavy atom. The van der Waals surface area contributed by atoms with Gasteiger partial charge in [-0.2, -0.15) is 0 Å². The maximum atomic E-state index is 14.0. The molecule has 2 aliphatic rings. The zero-order valence-corrected chi connectivity index (χ0v) is 23.5. The third-order valence-electron chi connectivity index (χ3n) is 7.41. The lowest BCUT2D eigenvalue weighted by atomic mass is 9.71. The number of Topliss-reactive ketones (excluding diaryl/α,β-unsaturated/α-hetero) is 1. The molecule has 0 radical (unpaired) electrons. The molecule has 1 aliphatic heterocycles. The van der Waals surface area contributed by atoms with Gasteiger partial charge in [0.25, 0.3) is 0 Å². The first-order valence-electron chi connectivity index (χ1n) is 13.2. The summed E-state index contributed by atoms with van der Waals surface area (Å²) in [7, 11) is 6.35. The first-order valence-corrected chi connectivity index (χ1v) is 13.2. The van der Waals surface area contributed by atoms with Crippen molar-refractivity contribution in [2.24, 2.45) is 0 Å². The van der Waals surface area contributed by atoms with E-state index in [2.05, 4.69) is 5.32 Å². The lowest BCUT2D eigenvalue weighted by molar-refractivity contribution is -0.139. The van der Waals surface area contributed by atoms with E-state index in [1.54, 1.807) is 40.6 Å². The van der Waals surface area contributed by atoms with E-state index in [0.717, 1.165) is 24.1 Å². The summed E-state index contributed by atoms with van der Waals surface area (Å²) in [5.74, 6) is 1.22. The summed E-state index contributed by atoms with van der Waals surface area (Å²) < 4.78 is 27.7. The smallest absolute Gasteiger partial charge is 0.336 e. The fraction of sp³-hybridized carbons (Fsp3) is 0.419. The molecule has 8 heteroatoms. The monoisotopic (exact) mass is 535 g/mol. The third-order valence-corrected chi connectivity index (χ3v) is 7.41. The molecule has 1 aliphatic carbocycles. The number of allylic oxidation sites excluding steroid dienone is 3. The molecule has 8 nitrogen and oxygen atoms in total. The summed E-state index contributed by atoms with van der Waals surface area (Å²) in [5.41, 5.74) is 4.09. The molecule has 208 valence electrons. The normalized spacial score (nSPS) is 18.8. The Morgan fingerprint density at radius 2 is 1.64 bits per heavy atom. The van der Waals surface area contributed by atoms with Crippen LogP contribution in [0.15, 0.2) is 58.9 Å². The van der Waals surface area contributed by atoms with Crippen molar-refractivity contribution >= 4 is 11.8 Å². The van der Waals surface area contributed by atoms with Crippen LogP contribution in [0.2, 0.25) is 0 Å². The van der Waals surface area contributed by atoms with E-state index >= 15 is 0 Å². The number of benzene rings is 2. The van der Waals surface area contributed by atoms with Crippen LogP contribution in [-0.4, -0.2) is 46.8 Å². The lowest BCUT2D eigenvalue weighted by Gasteiger charge is -2.37. The quantitative estimate of drug-likeness (QED) is 0.318. The zero-order valence-electron chi connectivity index (χ0n) is 23.5. The van der Waals surface area contributed by atoms with Crippen molar-refractivity contribution in [1.29, 1.82) is 0 Å². The molecule has 2 atom stereocenters. The van der Waals surface area contributed by atoms with Gasteiger partial charge in [0.05, 0.1) is 46.5 Å². The molecule has 0 bridgehead atoms. The van der Waals surface area contributed by atoms with Gasteiger partial charge in [-0.25, -0.2) is 4.79 Å². The van der Waals surface area contributed by atoms with Crippen molar-refractivity contribution in [2.45, 2.75) is 51.4 Å². The van der Waals surface area contributed by atoms with Crippen LogP contribution in [0, 0.1) is 0 Å². The van der Waals surface area contributed by atoms with Gasteiger partial charge in [0.2, 0.25) is 0 Å². The molecule has 0 aromatic heterocycles. The Bertz CT molecular complexity index is 1310. The molecule has 0 amide bonds. The highest BCUT2D eigenvalue weighted by molar-refractivity contribution is 6.04. The van der Waals surface area contributed by atoms with E-state index in [-0.39, 0.29) is 18.1 Å². The summed E-state index contributed by atoms with van der Waals surface area (Å²) >= 11 is 0. The van der Waals surface area contributed by atoms with Gasteiger partial charge in [-0.1, -0.05) is 19.4 Å². The second-order valence-electron chi connectivity index (χ2n) is 9.73. The maximum Gasteiger partial charge on any atom is 0.336 e. The summed E-state index contributed by atoms with van der Waals surface area (Å²) in [5, 5.41) is 3.40. The Balaban J connectivity index is 1.81. The van der Waals surface area contributed by atoms with Crippen LogP contribution in [0.1, 0.15) is 62.5 Å². The summed E-state index contributed by atoms with van der Waals surface area (Å²) in [6.07, 6.45) is 2.55. The number of nitrogens with one attached hydrogen (secondary N) is 1. The fourth-order valence-corrected chi connectivity index (χ4v) is 5.42. The highest BCUT2D eigenvalue weighted by Gasteiger charge is 2.42. The van der Waals surface area contributed by atoms with Gasteiger partial charge in [0, 0.05) is 29.0 Å². The van der Waals surface area contributed by atoms with Crippen molar-refractivity contribution in [1.82, 2.24) is 5.32 Å². The summed E-state index contributed by atoms with van der Waals surface area (Å²) in [4.78, 5) is 27.4. The fourth-order valence-electron chi connectivity index (χ4n) is 5.42. The molecular formula is C31H37NO7. The number of methoxy groups -OCH3 is 4. The third kappa shape index (κ3) is 5.60. The molecule has 0 spiro atoms. The van der Waals surface area contributed by atoms with E-state index in [9.17, 15) is 9.59 Å². The van der Waals surface area contributed by atoms with Gasteiger partial charge in [0.1, 0.15) is 11.5 Å². The molecule has 1 N–H and O–H groups in total. The van der Waals surface area contributed by atoms with Crippen LogP contribution >= 0.6 is 0 Å². The van der Waals surface area contributed by atoms with E-state index < -0.39 is 11.9 Å². The largest absolute Gasteiger partial charge is 0.497 e. The second kappa shape index (κ2) is 12.3. The van der Waals surface area contributed by atoms with Gasteiger partial charge >= 0.3 is 5.97 Å². The minimum absolute atomic E-state index is 0.0373. The minimum Gasteiger partial charge on any atom is -0.497 e. The van der Waals surface area contributed by atoms with Gasteiger partial charge in [-0.3, -0.25) is 4.79 Å². The summed E-state index contributed by atoms with van der Waals surface area (Å²) in [6, 6.07) is 11.2. The van der Waals surface area contributed by atoms with Gasteiger partial charge in [-0.05, 0) is 61.6 Å². The number of dihydropyridines is 1. The molecule has 2 unspecified atom stereocenters. The van der Waals surface area contributed by atoms with Crippen molar-refractivity contribution in [3.05, 3.63) is 70.1 Å². The Kier molecular flexibility index (Phi) is 8.84. The number of carbonyl (C=O) groups is 2. The molecule has 0 fully saturated rings. The first-order chi connectivity index (χ1) is 18.9. The number of rotatable bonds is 10. The number of hydrogen-bond acceptors (Lipinski definition) is 8. The number of unbranched alkanes of at least 4 members (excludes halogenated alkanes) is 1. The first kappa shape index (κ1) is 28.1. The average Bonchev–Trinajstić information content (AvgIpc) is 2.95.